The van der Waals surface area contributed by atoms with E-state index < -0.39 is 6.10 Å². The van der Waals surface area contributed by atoms with Crippen molar-refractivity contribution in [2.24, 2.45) is 22.1 Å². The summed E-state index contributed by atoms with van der Waals surface area (Å²) in [6.45, 7) is 2.02. The predicted molar refractivity (Wildman–Crippen MR) is 69.3 cm³/mol. The van der Waals surface area contributed by atoms with Crippen molar-refractivity contribution in [1.82, 2.24) is 0 Å². The number of aliphatic hydroxyl groups is 1. The van der Waals surface area contributed by atoms with Gasteiger partial charge in [0.25, 0.3) is 0 Å². The maximum atomic E-state index is 10.2. The first-order valence-corrected chi connectivity index (χ1v) is 7.04. The van der Waals surface area contributed by atoms with Crippen LogP contribution in [-0.2, 0) is 0 Å². The van der Waals surface area contributed by atoms with E-state index >= 15 is 0 Å². The molecule has 2 aliphatic rings. The van der Waals surface area contributed by atoms with E-state index in [0.29, 0.717) is 6.42 Å². The molecule has 1 N–H and O–H groups in total. The van der Waals surface area contributed by atoms with Gasteiger partial charge in [-0.3, -0.25) is 0 Å². The largest absolute Gasteiger partial charge is 0.392 e. The van der Waals surface area contributed by atoms with Crippen molar-refractivity contribution in [3.63, 3.8) is 0 Å². The van der Waals surface area contributed by atoms with Crippen molar-refractivity contribution < 1.29 is 5.11 Å². The van der Waals surface area contributed by atoms with Crippen molar-refractivity contribution >= 4 is 23.2 Å². The molecule has 0 bridgehead atoms. The zero-order valence-corrected chi connectivity index (χ0v) is 11.4. The average Bonchev–Trinajstić information content (AvgIpc) is 2.43. The summed E-state index contributed by atoms with van der Waals surface area (Å²) in [5, 5.41) is 18.4. The molecule has 0 radical (unpaired) electrons. The fourth-order valence-corrected chi connectivity index (χ4v) is 2.90. The van der Waals surface area contributed by atoms with Gasteiger partial charge in [-0.1, -0.05) is 31.0 Å². The van der Waals surface area contributed by atoms with Crippen molar-refractivity contribution in [1.29, 1.82) is 0 Å². The van der Waals surface area contributed by atoms with Crippen molar-refractivity contribution in [3.8, 4) is 0 Å². The Labute approximate surface area is 112 Å². The summed E-state index contributed by atoms with van der Waals surface area (Å²) in [4.78, 5) is 0. The SMILES string of the molecule is C[C@H]1C=C([C@H]2CCCC(Cl)CC2O)N=NC1Cl. The lowest BCUT2D eigenvalue weighted by Crippen LogP contribution is -2.24. The van der Waals surface area contributed by atoms with Gasteiger partial charge in [0.15, 0.2) is 5.50 Å². The summed E-state index contributed by atoms with van der Waals surface area (Å²) in [5.41, 5.74) is 0.607. The van der Waals surface area contributed by atoms with Crippen LogP contribution in [-0.4, -0.2) is 22.1 Å². The molecule has 3 unspecified atom stereocenters. The first-order valence-electron chi connectivity index (χ1n) is 6.16. The lowest BCUT2D eigenvalue weighted by molar-refractivity contribution is 0.116. The van der Waals surface area contributed by atoms with Crippen molar-refractivity contribution in [3.05, 3.63) is 11.8 Å². The molecule has 0 amide bonds. The van der Waals surface area contributed by atoms with Crippen molar-refractivity contribution in [2.75, 3.05) is 0 Å². The molecule has 1 aliphatic carbocycles. The molecule has 17 heavy (non-hydrogen) atoms. The molecular formula is C12H18Cl2N2O. The summed E-state index contributed by atoms with van der Waals surface area (Å²) < 4.78 is 0. The van der Waals surface area contributed by atoms with Gasteiger partial charge in [0, 0.05) is 17.2 Å². The Bertz CT molecular complexity index is 332. The second-order valence-electron chi connectivity index (χ2n) is 4.98. The first-order chi connectivity index (χ1) is 8.08. The molecule has 0 saturated heterocycles. The molecule has 1 aliphatic heterocycles. The summed E-state index contributed by atoms with van der Waals surface area (Å²) in [6, 6.07) is 0. The highest BCUT2D eigenvalue weighted by Crippen LogP contribution is 2.35. The van der Waals surface area contributed by atoms with E-state index in [1.165, 1.54) is 0 Å². The van der Waals surface area contributed by atoms with Gasteiger partial charge in [0.2, 0.25) is 0 Å². The maximum Gasteiger partial charge on any atom is 0.150 e. The highest BCUT2D eigenvalue weighted by molar-refractivity contribution is 6.20. The van der Waals surface area contributed by atoms with E-state index in [4.69, 9.17) is 23.2 Å². The van der Waals surface area contributed by atoms with Crippen LogP contribution in [0.25, 0.3) is 0 Å². The van der Waals surface area contributed by atoms with Crippen LogP contribution in [0.4, 0.5) is 0 Å². The van der Waals surface area contributed by atoms with Gasteiger partial charge < -0.3 is 5.11 Å². The summed E-state index contributed by atoms with van der Waals surface area (Å²) in [6.07, 6.45) is 5.18. The average molecular weight is 277 g/mol. The minimum Gasteiger partial charge on any atom is -0.392 e. The highest BCUT2D eigenvalue weighted by atomic mass is 35.5. The second kappa shape index (κ2) is 5.68. The molecule has 1 fully saturated rings. The zero-order chi connectivity index (χ0) is 12.4. The molecule has 3 nitrogen and oxygen atoms in total. The first kappa shape index (κ1) is 13.3. The number of hydrogen-bond acceptors (Lipinski definition) is 3. The minimum absolute atomic E-state index is 0.0640. The van der Waals surface area contributed by atoms with Crippen LogP contribution in [0, 0.1) is 11.8 Å². The topological polar surface area (TPSA) is 45.0 Å². The summed E-state index contributed by atoms with van der Waals surface area (Å²) >= 11 is 12.1. The van der Waals surface area contributed by atoms with Gasteiger partial charge >= 0.3 is 0 Å². The molecule has 0 spiro atoms. The predicted octanol–water partition coefficient (Wildman–Crippen LogP) is 3.70. The third-order valence-corrected chi connectivity index (χ3v) is 4.41. The molecular weight excluding hydrogens is 259 g/mol. The van der Waals surface area contributed by atoms with Crippen LogP contribution in [0.2, 0.25) is 0 Å². The number of azo groups is 1. The fourth-order valence-electron chi connectivity index (χ4n) is 2.45. The lowest BCUT2D eigenvalue weighted by Gasteiger charge is -2.24. The lowest BCUT2D eigenvalue weighted by atomic mass is 9.91. The van der Waals surface area contributed by atoms with Gasteiger partial charge in [-0.25, -0.2) is 0 Å². The van der Waals surface area contributed by atoms with Gasteiger partial charge in [0.05, 0.1) is 11.8 Å². The Kier molecular flexibility index (Phi) is 4.45. The number of halogens is 2. The van der Waals surface area contributed by atoms with Crippen molar-refractivity contribution in [2.45, 2.75) is 49.6 Å². The van der Waals surface area contributed by atoms with Crippen LogP contribution >= 0.6 is 23.2 Å². The summed E-state index contributed by atoms with van der Waals surface area (Å²) in [7, 11) is 0. The minimum atomic E-state index is -0.413. The molecule has 0 aromatic rings. The number of alkyl halides is 2. The van der Waals surface area contributed by atoms with E-state index in [-0.39, 0.29) is 22.7 Å². The third-order valence-electron chi connectivity index (χ3n) is 3.53. The van der Waals surface area contributed by atoms with E-state index in [0.717, 1.165) is 25.0 Å². The smallest absolute Gasteiger partial charge is 0.150 e. The van der Waals surface area contributed by atoms with Gasteiger partial charge in [-0.2, -0.15) is 10.2 Å². The Balaban J connectivity index is 2.11. The Morgan fingerprint density at radius 2 is 2.12 bits per heavy atom. The van der Waals surface area contributed by atoms with Gasteiger partial charge in [-0.05, 0) is 19.3 Å². The number of nitrogens with zero attached hydrogens (tertiary/aromatic N) is 2. The zero-order valence-electron chi connectivity index (χ0n) is 9.89. The molecule has 1 saturated carbocycles. The van der Waals surface area contributed by atoms with E-state index in [1.807, 2.05) is 13.0 Å². The number of hydrogen-bond donors (Lipinski definition) is 1. The quantitative estimate of drug-likeness (QED) is 0.443. The van der Waals surface area contributed by atoms with Crippen LogP contribution < -0.4 is 0 Å². The standard InChI is InChI=1S/C12H18Cl2N2O/c1-7-5-10(15-16-12(7)14)9-4-2-3-8(13)6-11(9)17/h5,7-9,11-12,17H,2-4,6H2,1H3/t7-,8?,9+,11?,12?/m0/s1. The van der Waals surface area contributed by atoms with Gasteiger partial charge in [0.1, 0.15) is 0 Å². The molecule has 96 valence electrons. The monoisotopic (exact) mass is 276 g/mol. The van der Waals surface area contributed by atoms with E-state index in [9.17, 15) is 5.11 Å². The van der Waals surface area contributed by atoms with Crippen LogP contribution in [0.3, 0.4) is 0 Å². The second-order valence-corrected chi connectivity index (χ2v) is 6.04. The fraction of sp³-hybridized carbons (Fsp3) is 0.833. The molecule has 5 atom stereocenters. The Morgan fingerprint density at radius 1 is 1.35 bits per heavy atom. The van der Waals surface area contributed by atoms with Crippen LogP contribution in [0.1, 0.15) is 32.6 Å². The van der Waals surface area contributed by atoms with Crippen LogP contribution in [0.5, 0.6) is 0 Å². The third kappa shape index (κ3) is 3.21. The maximum absolute atomic E-state index is 10.2. The summed E-state index contributed by atoms with van der Waals surface area (Å²) in [5.74, 6) is 0.237. The number of rotatable bonds is 1. The molecule has 0 aromatic heterocycles. The normalized spacial score (nSPS) is 43.1. The molecule has 5 heteroatoms. The van der Waals surface area contributed by atoms with E-state index in [1.54, 1.807) is 0 Å². The number of aliphatic hydroxyl groups excluding tert-OH is 1. The van der Waals surface area contributed by atoms with Crippen LogP contribution in [0.15, 0.2) is 22.0 Å². The highest BCUT2D eigenvalue weighted by Gasteiger charge is 2.31. The Hall–Kier alpha value is -0.120. The van der Waals surface area contributed by atoms with E-state index in [2.05, 4.69) is 10.2 Å². The Morgan fingerprint density at radius 3 is 2.82 bits per heavy atom. The molecule has 1 heterocycles. The van der Waals surface area contributed by atoms with Gasteiger partial charge in [-0.15, -0.1) is 11.6 Å². The molecule has 0 aromatic carbocycles. The molecule has 2 rings (SSSR count).